The minimum atomic E-state index is 0.655. The minimum Gasteiger partial charge on any atom is -0.301 e. The molecule has 0 bridgehead atoms. The van der Waals surface area contributed by atoms with Crippen molar-refractivity contribution in [3.05, 3.63) is 19.0 Å². The molecule has 0 atom stereocenters. The Kier molecular flexibility index (Phi) is 1.18. The van der Waals surface area contributed by atoms with Gasteiger partial charge in [-0.1, -0.05) is 0 Å². The number of aryl methyl sites for hydroxylation is 1. The Hall–Kier alpha value is -1.72. The van der Waals surface area contributed by atoms with Gasteiger partial charge in [0.05, 0.1) is 0 Å². The van der Waals surface area contributed by atoms with Gasteiger partial charge in [-0.2, -0.15) is 9.78 Å². The summed E-state index contributed by atoms with van der Waals surface area (Å²) in [4.78, 5) is 3.79. The first kappa shape index (κ1) is 6.02. The molecule has 0 fully saturated rings. The molecule has 0 aliphatic heterocycles. The summed E-state index contributed by atoms with van der Waals surface area (Å²) < 4.78 is 3.31. The van der Waals surface area contributed by atoms with Crippen molar-refractivity contribution in [3.63, 3.8) is 0 Å². The van der Waals surface area contributed by atoms with Crippen molar-refractivity contribution < 1.29 is 0 Å². The van der Waals surface area contributed by atoms with E-state index < -0.39 is 0 Å². The summed E-state index contributed by atoms with van der Waals surface area (Å²) in [5, 5.41) is 11.4. The van der Waals surface area contributed by atoms with Gasteiger partial charge in [0.25, 0.3) is 5.95 Å². The first-order chi connectivity index (χ1) is 5.38. The molecule has 0 saturated carbocycles. The molecule has 0 unspecified atom stereocenters. The highest BCUT2D eigenvalue weighted by Crippen LogP contribution is 1.95. The average Bonchev–Trinajstić information content (AvgIpc) is 2.55. The highest BCUT2D eigenvalue weighted by molar-refractivity contribution is 5.04. The van der Waals surface area contributed by atoms with E-state index in [0.717, 1.165) is 0 Å². The average molecular weight is 150 g/mol. The van der Waals surface area contributed by atoms with Gasteiger partial charge < -0.3 is 4.57 Å². The molecular formula is C5H6N6. The van der Waals surface area contributed by atoms with E-state index in [-0.39, 0.29) is 0 Å². The van der Waals surface area contributed by atoms with Crippen molar-refractivity contribution >= 4 is 0 Å². The molecule has 11 heavy (non-hydrogen) atoms. The minimum absolute atomic E-state index is 0.655. The van der Waals surface area contributed by atoms with E-state index >= 15 is 0 Å². The van der Waals surface area contributed by atoms with E-state index in [0.29, 0.717) is 5.95 Å². The fourth-order valence-corrected chi connectivity index (χ4v) is 0.796. The van der Waals surface area contributed by atoms with Gasteiger partial charge in [-0.05, 0) is 0 Å². The van der Waals surface area contributed by atoms with E-state index in [9.17, 15) is 0 Å². The monoisotopic (exact) mass is 150 g/mol. The molecular weight excluding hydrogens is 144 g/mol. The molecule has 0 aliphatic carbocycles. The Morgan fingerprint density at radius 1 is 1.36 bits per heavy atom. The summed E-state index contributed by atoms with van der Waals surface area (Å²) >= 11 is 0. The molecule has 2 heterocycles. The third-order valence-corrected chi connectivity index (χ3v) is 1.31. The summed E-state index contributed by atoms with van der Waals surface area (Å²) in [5.74, 6) is 0.655. The lowest BCUT2D eigenvalue weighted by atomic mass is 10.9. The van der Waals surface area contributed by atoms with Crippen LogP contribution in [0.3, 0.4) is 0 Å². The summed E-state index contributed by atoms with van der Waals surface area (Å²) in [7, 11) is 1.84. The van der Waals surface area contributed by atoms with Crippen LogP contribution in [0.5, 0.6) is 0 Å². The molecule has 0 N–H and O–H groups in total. The number of aromatic nitrogens is 6. The van der Waals surface area contributed by atoms with Crippen molar-refractivity contribution in [1.82, 2.24) is 29.5 Å². The molecule has 2 aromatic rings. The zero-order chi connectivity index (χ0) is 7.68. The summed E-state index contributed by atoms with van der Waals surface area (Å²) in [5.41, 5.74) is 0. The van der Waals surface area contributed by atoms with Gasteiger partial charge in [-0.25, -0.2) is 4.98 Å². The van der Waals surface area contributed by atoms with Gasteiger partial charge in [0.1, 0.15) is 19.0 Å². The number of nitrogens with zero attached hydrogens (tertiary/aromatic N) is 6. The van der Waals surface area contributed by atoms with Crippen LogP contribution >= 0.6 is 0 Å². The first-order valence-electron chi connectivity index (χ1n) is 3.07. The first-order valence-corrected chi connectivity index (χ1v) is 3.07. The van der Waals surface area contributed by atoms with Crippen LogP contribution in [0, 0.1) is 0 Å². The van der Waals surface area contributed by atoms with Crippen LogP contribution in [0.4, 0.5) is 0 Å². The lowest BCUT2D eigenvalue weighted by Gasteiger charge is -1.95. The third-order valence-electron chi connectivity index (χ3n) is 1.31. The Morgan fingerprint density at radius 3 is 2.82 bits per heavy atom. The highest BCUT2D eigenvalue weighted by Gasteiger charge is 2.01. The molecule has 0 aromatic carbocycles. The van der Waals surface area contributed by atoms with Crippen LogP contribution in [-0.4, -0.2) is 29.5 Å². The van der Waals surface area contributed by atoms with Crippen molar-refractivity contribution in [2.45, 2.75) is 0 Å². The van der Waals surface area contributed by atoms with E-state index in [1.54, 1.807) is 21.9 Å². The van der Waals surface area contributed by atoms with Crippen molar-refractivity contribution in [2.24, 2.45) is 7.05 Å². The predicted molar refractivity (Wildman–Crippen MR) is 35.9 cm³/mol. The maximum atomic E-state index is 3.90. The van der Waals surface area contributed by atoms with E-state index in [4.69, 9.17) is 0 Å². The normalized spacial score (nSPS) is 10.3. The molecule has 0 amide bonds. The Morgan fingerprint density at radius 2 is 2.27 bits per heavy atom. The van der Waals surface area contributed by atoms with Crippen molar-refractivity contribution in [1.29, 1.82) is 0 Å². The summed E-state index contributed by atoms with van der Waals surface area (Å²) in [6, 6.07) is 0. The fraction of sp³-hybridized carbons (Fsp3) is 0.200. The smallest absolute Gasteiger partial charge is 0.253 e. The Labute approximate surface area is 62.5 Å². The van der Waals surface area contributed by atoms with E-state index in [1.807, 2.05) is 7.05 Å². The van der Waals surface area contributed by atoms with Gasteiger partial charge in [-0.3, -0.25) is 0 Å². The van der Waals surface area contributed by atoms with Crippen LogP contribution in [0.15, 0.2) is 19.0 Å². The van der Waals surface area contributed by atoms with Gasteiger partial charge in [0.15, 0.2) is 0 Å². The standard InChI is InChI=1S/C5H6N6/c1-10-4-7-9-5(10)11-3-6-2-8-11/h2-4H,1H3. The topological polar surface area (TPSA) is 61.4 Å². The fourth-order valence-electron chi connectivity index (χ4n) is 0.796. The predicted octanol–water partition coefficient (Wildman–Crippen LogP) is -0.604. The molecule has 56 valence electrons. The molecule has 0 saturated heterocycles. The molecule has 0 radical (unpaired) electrons. The van der Waals surface area contributed by atoms with Gasteiger partial charge in [-0.15, -0.1) is 10.2 Å². The second-order valence-electron chi connectivity index (χ2n) is 2.08. The van der Waals surface area contributed by atoms with Crippen LogP contribution in [0.1, 0.15) is 0 Å². The summed E-state index contributed by atoms with van der Waals surface area (Å²) in [6.45, 7) is 0. The molecule has 6 nitrogen and oxygen atoms in total. The van der Waals surface area contributed by atoms with Gasteiger partial charge >= 0.3 is 0 Å². The zero-order valence-corrected chi connectivity index (χ0v) is 5.92. The van der Waals surface area contributed by atoms with Crippen LogP contribution < -0.4 is 0 Å². The maximum Gasteiger partial charge on any atom is 0.253 e. The second-order valence-corrected chi connectivity index (χ2v) is 2.08. The quantitative estimate of drug-likeness (QED) is 0.544. The molecule has 0 aliphatic rings. The number of hydrogen-bond acceptors (Lipinski definition) is 4. The SMILES string of the molecule is Cn1cnnc1-n1cncn1. The zero-order valence-electron chi connectivity index (χ0n) is 5.92. The van der Waals surface area contributed by atoms with Crippen LogP contribution in [0.2, 0.25) is 0 Å². The molecule has 0 spiro atoms. The summed E-state index contributed by atoms with van der Waals surface area (Å²) in [6.07, 6.45) is 4.63. The van der Waals surface area contributed by atoms with Crippen LogP contribution in [0.25, 0.3) is 5.95 Å². The molecule has 6 heteroatoms. The number of hydrogen-bond donors (Lipinski definition) is 0. The maximum absolute atomic E-state index is 3.90. The third kappa shape index (κ3) is 0.878. The van der Waals surface area contributed by atoms with Gasteiger partial charge in [0, 0.05) is 7.05 Å². The second kappa shape index (κ2) is 2.15. The lowest BCUT2D eigenvalue weighted by molar-refractivity contribution is 0.747. The lowest BCUT2D eigenvalue weighted by Crippen LogP contribution is -2.02. The largest absolute Gasteiger partial charge is 0.301 e. The van der Waals surface area contributed by atoms with Crippen molar-refractivity contribution in [3.8, 4) is 5.95 Å². The van der Waals surface area contributed by atoms with E-state index in [1.165, 1.54) is 6.33 Å². The Balaban J connectivity index is 2.53. The number of rotatable bonds is 1. The van der Waals surface area contributed by atoms with E-state index in [2.05, 4.69) is 20.3 Å². The molecule has 2 aromatic heterocycles. The van der Waals surface area contributed by atoms with Crippen LogP contribution in [-0.2, 0) is 7.05 Å². The highest BCUT2D eigenvalue weighted by atomic mass is 15.4. The van der Waals surface area contributed by atoms with Crippen molar-refractivity contribution in [2.75, 3.05) is 0 Å². The Bertz CT molecular complexity index is 333. The molecule has 2 rings (SSSR count). The van der Waals surface area contributed by atoms with Gasteiger partial charge in [0.2, 0.25) is 0 Å².